The van der Waals surface area contributed by atoms with Crippen molar-refractivity contribution < 1.29 is 22.7 Å². The molecule has 3 aromatic carbocycles. The minimum Gasteiger partial charge on any atom is -0.466 e. The van der Waals surface area contributed by atoms with E-state index in [9.17, 15) is 13.2 Å². The molecule has 0 aliphatic carbocycles. The highest BCUT2D eigenvalue weighted by molar-refractivity contribution is 7.90. The molecule has 216 valence electrons. The maximum absolute atomic E-state index is 14.4. The van der Waals surface area contributed by atoms with Gasteiger partial charge in [0.15, 0.2) is 0 Å². The second-order valence-corrected chi connectivity index (χ2v) is 12.7. The van der Waals surface area contributed by atoms with Crippen molar-refractivity contribution in [2.24, 2.45) is 0 Å². The monoisotopic (exact) mass is 573 g/mol. The highest BCUT2D eigenvalue weighted by atomic mass is 32.2. The summed E-state index contributed by atoms with van der Waals surface area (Å²) in [6.07, 6.45) is 7.86. The van der Waals surface area contributed by atoms with Gasteiger partial charge in [-0.3, -0.25) is 4.79 Å². The Hall–Kier alpha value is -3.42. The van der Waals surface area contributed by atoms with Crippen molar-refractivity contribution in [1.82, 2.24) is 3.97 Å². The molecule has 0 saturated heterocycles. The number of hydrogen-bond donors (Lipinski definition) is 0. The second kappa shape index (κ2) is 13.5. The number of aryl methyl sites for hydroxylation is 2. The summed E-state index contributed by atoms with van der Waals surface area (Å²) in [7, 11) is -3.90. The predicted molar refractivity (Wildman–Crippen MR) is 162 cm³/mol. The van der Waals surface area contributed by atoms with Crippen LogP contribution in [-0.2, 0) is 37.3 Å². The molecule has 2 aliphatic rings. The van der Waals surface area contributed by atoms with Crippen LogP contribution in [0.3, 0.4) is 0 Å². The fraction of sp³-hybridized carbons (Fsp3) is 0.382. The summed E-state index contributed by atoms with van der Waals surface area (Å²) in [5.41, 5.74) is 5.26. The molecule has 1 aromatic heterocycles. The Kier molecular flexibility index (Phi) is 9.57. The van der Waals surface area contributed by atoms with Crippen LogP contribution in [0.15, 0.2) is 77.7 Å². The molecule has 0 spiro atoms. The predicted octanol–water partition coefficient (Wildman–Crippen LogP) is 7.59. The molecule has 2 aliphatic heterocycles. The van der Waals surface area contributed by atoms with Gasteiger partial charge < -0.3 is 9.47 Å². The van der Waals surface area contributed by atoms with Crippen LogP contribution in [0.2, 0.25) is 0 Å². The summed E-state index contributed by atoms with van der Waals surface area (Å²) in [6.45, 7) is 3.10. The van der Waals surface area contributed by atoms with E-state index >= 15 is 0 Å². The van der Waals surface area contributed by atoms with E-state index in [0.717, 1.165) is 78.3 Å². The number of aromatic nitrogens is 1. The maximum atomic E-state index is 14.4. The number of nitrogens with zero attached hydrogens (tertiary/aromatic N) is 1. The van der Waals surface area contributed by atoms with Crippen LogP contribution < -0.4 is 0 Å². The summed E-state index contributed by atoms with van der Waals surface area (Å²) in [5, 5.41) is 0.963. The Labute approximate surface area is 243 Å². The number of carbonyl (C=O) groups excluding carboxylic acids is 1. The minimum absolute atomic E-state index is 0.136. The van der Waals surface area contributed by atoms with Gasteiger partial charge in [0, 0.05) is 18.2 Å². The lowest BCUT2D eigenvalue weighted by Crippen LogP contribution is -2.15. The van der Waals surface area contributed by atoms with Crippen molar-refractivity contribution in [2.45, 2.75) is 76.2 Å². The van der Waals surface area contributed by atoms with E-state index in [-0.39, 0.29) is 10.9 Å². The first kappa shape index (κ1) is 29.1. The average molecular weight is 574 g/mol. The fourth-order valence-corrected chi connectivity index (χ4v) is 7.11. The zero-order chi connectivity index (χ0) is 28.7. The number of rotatable bonds is 3. The topological polar surface area (TPSA) is 74.6 Å². The van der Waals surface area contributed by atoms with E-state index in [0.29, 0.717) is 38.2 Å². The first-order valence-corrected chi connectivity index (χ1v) is 16.2. The maximum Gasteiger partial charge on any atom is 0.305 e. The molecule has 4 aromatic rings. The summed E-state index contributed by atoms with van der Waals surface area (Å²) >= 11 is 0. The van der Waals surface area contributed by atoms with Crippen molar-refractivity contribution in [2.75, 3.05) is 13.2 Å². The van der Waals surface area contributed by atoms with E-state index in [1.165, 1.54) is 0 Å². The Balaban J connectivity index is 1.61. The van der Waals surface area contributed by atoms with Crippen LogP contribution in [0.25, 0.3) is 22.2 Å². The molecule has 6 rings (SSSR count). The van der Waals surface area contributed by atoms with Gasteiger partial charge in [-0.05, 0) is 61.1 Å². The van der Waals surface area contributed by atoms with E-state index < -0.39 is 10.0 Å². The number of fused-ring (bicyclic) bond motifs is 15. The molecule has 41 heavy (non-hydrogen) atoms. The van der Waals surface area contributed by atoms with E-state index in [1.54, 1.807) is 16.1 Å². The van der Waals surface area contributed by atoms with E-state index in [1.807, 2.05) is 61.5 Å². The van der Waals surface area contributed by atoms with Gasteiger partial charge in [0.25, 0.3) is 10.0 Å². The molecule has 0 atom stereocenters. The minimum atomic E-state index is -3.90. The molecule has 0 unspecified atom stereocenters. The summed E-state index contributed by atoms with van der Waals surface area (Å²) in [6, 6.07) is 23.0. The normalized spacial score (nSPS) is 16.6. The summed E-state index contributed by atoms with van der Waals surface area (Å²) < 4.78 is 41.6. The number of hydrogen-bond acceptors (Lipinski definition) is 5. The SMILES string of the molecule is Cc1ccc(S(=O)(=O)n2c(-c3ccccc3)c3c4ccc(cc42)COCCCOC(=O)CCCCCCCC3)cc1. The van der Waals surface area contributed by atoms with Crippen LogP contribution in [-0.4, -0.2) is 31.6 Å². The lowest BCUT2D eigenvalue weighted by molar-refractivity contribution is -0.144. The molecule has 4 bridgehead atoms. The smallest absolute Gasteiger partial charge is 0.305 e. The summed E-state index contributed by atoms with van der Waals surface area (Å²) in [4.78, 5) is 12.2. The number of benzene rings is 3. The molecule has 0 fully saturated rings. The van der Waals surface area contributed by atoms with Crippen LogP contribution in [0.1, 0.15) is 68.1 Å². The third-order valence-electron chi connectivity index (χ3n) is 7.72. The van der Waals surface area contributed by atoms with Gasteiger partial charge >= 0.3 is 5.97 Å². The van der Waals surface area contributed by atoms with Gasteiger partial charge in [0.1, 0.15) is 0 Å². The Morgan fingerprint density at radius 1 is 0.756 bits per heavy atom. The zero-order valence-electron chi connectivity index (χ0n) is 23.8. The van der Waals surface area contributed by atoms with Gasteiger partial charge in [-0.15, -0.1) is 0 Å². The van der Waals surface area contributed by atoms with Crippen molar-refractivity contribution >= 4 is 26.9 Å². The van der Waals surface area contributed by atoms with Crippen molar-refractivity contribution in [1.29, 1.82) is 0 Å². The van der Waals surface area contributed by atoms with E-state index in [2.05, 4.69) is 6.07 Å². The highest BCUT2D eigenvalue weighted by Gasteiger charge is 2.28. The molecule has 0 saturated carbocycles. The van der Waals surface area contributed by atoms with Crippen molar-refractivity contribution in [3.63, 3.8) is 0 Å². The molecular formula is C34H39NO5S. The quantitative estimate of drug-likeness (QED) is 0.236. The zero-order valence-corrected chi connectivity index (χ0v) is 24.6. The molecule has 0 N–H and O–H groups in total. The van der Waals surface area contributed by atoms with Crippen molar-refractivity contribution in [3.05, 3.63) is 89.5 Å². The molecule has 0 amide bonds. The lowest BCUT2D eigenvalue weighted by Gasteiger charge is -2.14. The molecule has 3 heterocycles. The van der Waals surface area contributed by atoms with Gasteiger partial charge in [-0.25, -0.2) is 12.4 Å². The third kappa shape index (κ3) is 6.91. The first-order valence-electron chi connectivity index (χ1n) is 14.7. The molecular weight excluding hydrogens is 534 g/mol. The first-order chi connectivity index (χ1) is 19.9. The second-order valence-electron chi connectivity index (χ2n) is 10.9. The Morgan fingerprint density at radius 3 is 2.22 bits per heavy atom. The van der Waals surface area contributed by atoms with E-state index in [4.69, 9.17) is 9.47 Å². The van der Waals surface area contributed by atoms with Gasteiger partial charge in [0.05, 0.1) is 35.9 Å². The fourth-order valence-electron chi connectivity index (χ4n) is 5.55. The van der Waals surface area contributed by atoms with Crippen molar-refractivity contribution in [3.8, 4) is 11.3 Å². The molecule has 6 nitrogen and oxygen atoms in total. The lowest BCUT2D eigenvalue weighted by atomic mass is 9.98. The van der Waals surface area contributed by atoms with Crippen LogP contribution >= 0.6 is 0 Å². The van der Waals surface area contributed by atoms with Crippen LogP contribution in [0.4, 0.5) is 0 Å². The Bertz CT molecular complexity index is 1570. The summed E-state index contributed by atoms with van der Waals surface area (Å²) in [5.74, 6) is -0.136. The third-order valence-corrected chi connectivity index (χ3v) is 9.45. The molecule has 0 radical (unpaired) electrons. The van der Waals surface area contributed by atoms with Gasteiger partial charge in [0.2, 0.25) is 0 Å². The standard InChI is InChI=1S/C34H39NO5S/c1-26-16-19-29(20-17-26)41(37,38)35-32-24-27-18-21-30(32)31(34(35)28-12-7-6-8-13-28)14-9-4-2-3-5-10-15-33(36)40-23-11-22-39-25-27/h6-8,12-13,16-21,24H,2-5,9-11,14-15,22-23,25H2,1H3. The van der Waals surface area contributed by atoms with Crippen LogP contribution in [0.5, 0.6) is 0 Å². The number of ether oxygens (including phenoxy) is 2. The Morgan fingerprint density at radius 2 is 1.46 bits per heavy atom. The van der Waals surface area contributed by atoms with Gasteiger partial charge in [-0.1, -0.05) is 85.8 Å². The largest absolute Gasteiger partial charge is 0.466 e. The average Bonchev–Trinajstić information content (AvgIpc) is 3.30. The van der Waals surface area contributed by atoms with Gasteiger partial charge in [-0.2, -0.15) is 0 Å². The number of carbonyl (C=O) groups is 1. The highest BCUT2D eigenvalue weighted by Crippen LogP contribution is 2.38. The van der Waals surface area contributed by atoms with Crippen LogP contribution in [0, 0.1) is 6.92 Å². The molecule has 7 heteroatoms. The number of esters is 1.